The predicted molar refractivity (Wildman–Crippen MR) is 89.9 cm³/mol. The minimum atomic E-state index is -1.15. The number of carboxylic acids is 1. The number of carbonyl (C=O) groups is 2. The van der Waals surface area contributed by atoms with Gasteiger partial charge in [0.25, 0.3) is 5.91 Å². The third-order valence-corrected chi connectivity index (χ3v) is 4.28. The predicted octanol–water partition coefficient (Wildman–Crippen LogP) is 3.48. The van der Waals surface area contributed by atoms with Crippen LogP contribution in [0, 0.1) is 3.57 Å². The van der Waals surface area contributed by atoms with E-state index in [-0.39, 0.29) is 11.3 Å². The Morgan fingerprint density at radius 1 is 1.19 bits per heavy atom. The molecule has 0 heterocycles. The second-order valence-corrected chi connectivity index (χ2v) is 5.76. The van der Waals surface area contributed by atoms with Crippen LogP contribution in [-0.4, -0.2) is 17.0 Å². The van der Waals surface area contributed by atoms with Crippen molar-refractivity contribution >= 4 is 57.4 Å². The fourth-order valence-corrected chi connectivity index (χ4v) is 2.20. The molecular formula is C14H10ClIN2O3. The van der Waals surface area contributed by atoms with Crippen LogP contribution in [0.5, 0.6) is 0 Å². The number of hydrogen-bond acceptors (Lipinski definition) is 3. The Kier molecular flexibility index (Phi) is 4.69. The Balaban J connectivity index is 2.33. The van der Waals surface area contributed by atoms with Crippen LogP contribution in [0.4, 0.5) is 11.4 Å². The molecule has 0 aliphatic rings. The number of benzene rings is 2. The molecule has 0 aliphatic heterocycles. The number of hydrogen-bond donors (Lipinski definition) is 3. The first-order valence-electron chi connectivity index (χ1n) is 5.77. The van der Waals surface area contributed by atoms with E-state index < -0.39 is 11.9 Å². The summed E-state index contributed by atoms with van der Waals surface area (Å²) in [6, 6.07) is 9.03. The lowest BCUT2D eigenvalue weighted by Gasteiger charge is -2.10. The Hall–Kier alpha value is -1.80. The summed E-state index contributed by atoms with van der Waals surface area (Å²) in [4.78, 5) is 23.3. The van der Waals surface area contributed by atoms with E-state index in [4.69, 9.17) is 22.4 Å². The standard InChI is InChI=1S/C14H10ClIN2O3/c15-10-5-7(1-4-11(10)16)13(19)18-12-6-8(17)2-3-9(12)14(20)21/h1-6H,17H2,(H,18,19)(H,20,21). The second kappa shape index (κ2) is 6.31. The van der Waals surface area contributed by atoms with Crippen LogP contribution in [0.3, 0.4) is 0 Å². The van der Waals surface area contributed by atoms with Gasteiger partial charge in [-0.2, -0.15) is 0 Å². The summed E-state index contributed by atoms with van der Waals surface area (Å²) in [5.74, 6) is -1.60. The van der Waals surface area contributed by atoms with Crippen molar-refractivity contribution in [3.63, 3.8) is 0 Å². The van der Waals surface area contributed by atoms with Gasteiger partial charge in [0.1, 0.15) is 0 Å². The first-order chi connectivity index (χ1) is 9.88. The topological polar surface area (TPSA) is 92.4 Å². The molecule has 21 heavy (non-hydrogen) atoms. The van der Waals surface area contributed by atoms with Gasteiger partial charge in [-0.15, -0.1) is 0 Å². The van der Waals surface area contributed by atoms with Crippen molar-refractivity contribution in [2.75, 3.05) is 11.1 Å². The number of carboxylic acid groups (broad SMARTS) is 1. The number of rotatable bonds is 3. The Morgan fingerprint density at radius 3 is 2.52 bits per heavy atom. The monoisotopic (exact) mass is 416 g/mol. The van der Waals surface area contributed by atoms with Crippen LogP contribution in [0.2, 0.25) is 5.02 Å². The summed E-state index contributed by atoms with van der Waals surface area (Å²) in [6.45, 7) is 0. The molecule has 0 fully saturated rings. The van der Waals surface area contributed by atoms with Crippen molar-refractivity contribution in [1.82, 2.24) is 0 Å². The first kappa shape index (κ1) is 15.6. The first-order valence-corrected chi connectivity index (χ1v) is 7.23. The maximum Gasteiger partial charge on any atom is 0.337 e. The highest BCUT2D eigenvalue weighted by molar-refractivity contribution is 14.1. The highest BCUT2D eigenvalue weighted by Crippen LogP contribution is 2.23. The number of nitrogens with two attached hydrogens (primary N) is 1. The van der Waals surface area contributed by atoms with Gasteiger partial charge < -0.3 is 16.2 Å². The summed E-state index contributed by atoms with van der Waals surface area (Å²) >= 11 is 8.01. The number of amides is 1. The lowest BCUT2D eigenvalue weighted by Crippen LogP contribution is -2.15. The van der Waals surface area contributed by atoms with Gasteiger partial charge in [0.05, 0.1) is 16.3 Å². The zero-order chi connectivity index (χ0) is 15.6. The zero-order valence-corrected chi connectivity index (χ0v) is 13.5. The van der Waals surface area contributed by atoms with Crippen LogP contribution < -0.4 is 11.1 Å². The highest BCUT2D eigenvalue weighted by Gasteiger charge is 2.14. The molecule has 4 N–H and O–H groups in total. The van der Waals surface area contributed by atoms with Gasteiger partial charge in [0.15, 0.2) is 0 Å². The van der Waals surface area contributed by atoms with Crippen LogP contribution in [0.15, 0.2) is 36.4 Å². The molecule has 0 aliphatic carbocycles. The maximum atomic E-state index is 12.2. The number of aromatic carboxylic acids is 1. The molecule has 1 amide bonds. The molecular weight excluding hydrogens is 407 g/mol. The highest BCUT2D eigenvalue weighted by atomic mass is 127. The fourth-order valence-electron chi connectivity index (χ4n) is 1.68. The van der Waals surface area contributed by atoms with E-state index in [9.17, 15) is 9.59 Å². The number of nitrogens with one attached hydrogen (secondary N) is 1. The molecule has 0 aromatic heterocycles. The summed E-state index contributed by atoms with van der Waals surface area (Å²) in [5, 5.41) is 12.1. The van der Waals surface area contributed by atoms with Crippen LogP contribution in [0.25, 0.3) is 0 Å². The van der Waals surface area contributed by atoms with Gasteiger partial charge in [0.2, 0.25) is 0 Å². The van der Waals surface area contributed by atoms with Crippen molar-refractivity contribution in [1.29, 1.82) is 0 Å². The summed E-state index contributed by atoms with van der Waals surface area (Å²) in [5.41, 5.74) is 6.42. The molecule has 0 bridgehead atoms. The van der Waals surface area contributed by atoms with Gasteiger partial charge in [-0.1, -0.05) is 11.6 Å². The molecule has 0 radical (unpaired) electrons. The van der Waals surface area contributed by atoms with Crippen molar-refractivity contribution in [3.05, 3.63) is 56.1 Å². The molecule has 0 spiro atoms. The molecule has 0 saturated heterocycles. The molecule has 7 heteroatoms. The number of nitrogen functional groups attached to an aromatic ring is 1. The van der Waals surface area contributed by atoms with Gasteiger partial charge in [-0.05, 0) is 59.0 Å². The normalized spacial score (nSPS) is 10.2. The quantitative estimate of drug-likeness (QED) is 0.528. The van der Waals surface area contributed by atoms with E-state index in [0.29, 0.717) is 16.3 Å². The summed E-state index contributed by atoms with van der Waals surface area (Å²) in [6.07, 6.45) is 0. The van der Waals surface area contributed by atoms with Gasteiger partial charge >= 0.3 is 5.97 Å². The third-order valence-electron chi connectivity index (χ3n) is 2.70. The third kappa shape index (κ3) is 3.64. The average Bonchev–Trinajstić information content (AvgIpc) is 2.41. The van der Waals surface area contributed by atoms with Crippen molar-refractivity contribution in [2.24, 2.45) is 0 Å². The molecule has 0 unspecified atom stereocenters. The fraction of sp³-hybridized carbons (Fsp3) is 0. The van der Waals surface area contributed by atoms with Crippen molar-refractivity contribution in [2.45, 2.75) is 0 Å². The Labute approximate surface area is 139 Å². The lowest BCUT2D eigenvalue weighted by molar-refractivity contribution is 0.0698. The summed E-state index contributed by atoms with van der Waals surface area (Å²) < 4.78 is 0.820. The van der Waals surface area contributed by atoms with Gasteiger partial charge in [-0.25, -0.2) is 4.79 Å². The minimum absolute atomic E-state index is 0.0332. The largest absolute Gasteiger partial charge is 0.478 e. The molecule has 0 atom stereocenters. The van der Waals surface area contributed by atoms with Crippen LogP contribution in [-0.2, 0) is 0 Å². The van der Waals surface area contributed by atoms with Crippen molar-refractivity contribution < 1.29 is 14.7 Å². The number of halogens is 2. The van der Waals surface area contributed by atoms with E-state index in [2.05, 4.69) is 5.32 Å². The van der Waals surface area contributed by atoms with Crippen LogP contribution in [0.1, 0.15) is 20.7 Å². The van der Waals surface area contributed by atoms with Gasteiger partial charge in [-0.3, -0.25) is 4.79 Å². The number of anilines is 2. The SMILES string of the molecule is Nc1ccc(C(=O)O)c(NC(=O)c2ccc(I)c(Cl)c2)c1. The second-order valence-electron chi connectivity index (χ2n) is 4.19. The van der Waals surface area contributed by atoms with Crippen LogP contribution >= 0.6 is 34.2 Å². The number of carbonyl (C=O) groups excluding carboxylic acids is 1. The Morgan fingerprint density at radius 2 is 1.90 bits per heavy atom. The van der Waals surface area contributed by atoms with E-state index in [1.54, 1.807) is 12.1 Å². The van der Waals surface area contributed by atoms with E-state index in [1.807, 2.05) is 22.6 Å². The molecule has 2 rings (SSSR count). The molecule has 0 saturated carbocycles. The maximum absolute atomic E-state index is 12.2. The average molecular weight is 417 g/mol. The lowest BCUT2D eigenvalue weighted by atomic mass is 10.1. The smallest absolute Gasteiger partial charge is 0.337 e. The molecule has 2 aromatic rings. The minimum Gasteiger partial charge on any atom is -0.478 e. The summed E-state index contributed by atoms with van der Waals surface area (Å²) in [7, 11) is 0. The molecule has 108 valence electrons. The van der Waals surface area contributed by atoms with Crippen molar-refractivity contribution in [3.8, 4) is 0 Å². The van der Waals surface area contributed by atoms with E-state index in [1.165, 1.54) is 24.3 Å². The molecule has 5 nitrogen and oxygen atoms in total. The molecule has 2 aromatic carbocycles. The zero-order valence-electron chi connectivity index (χ0n) is 10.6. The van der Waals surface area contributed by atoms with E-state index >= 15 is 0 Å². The Bertz CT molecular complexity index is 734. The van der Waals surface area contributed by atoms with E-state index in [0.717, 1.165) is 3.57 Å². The van der Waals surface area contributed by atoms with Gasteiger partial charge in [0, 0.05) is 14.8 Å².